The van der Waals surface area contributed by atoms with Crippen LogP contribution in [0.15, 0.2) is 49.1 Å². The molecule has 0 atom stereocenters. The summed E-state index contributed by atoms with van der Waals surface area (Å²) in [6, 6.07) is 7.02. The SMILES string of the molecule is Cc1cc(C)n(-c2ncc(NC(=O)COc3ccc(-n4cccn4)nn3)cn2)n1. The second kappa shape index (κ2) is 7.84. The molecular formula is C18H17N9O2. The largest absolute Gasteiger partial charge is 0.466 e. The van der Waals surface area contributed by atoms with E-state index in [9.17, 15) is 4.79 Å². The van der Waals surface area contributed by atoms with E-state index in [1.807, 2.05) is 19.9 Å². The highest BCUT2D eigenvalue weighted by atomic mass is 16.5. The molecule has 4 aromatic heterocycles. The number of nitrogens with zero attached hydrogens (tertiary/aromatic N) is 8. The van der Waals surface area contributed by atoms with E-state index in [0.29, 0.717) is 17.5 Å². The van der Waals surface area contributed by atoms with Gasteiger partial charge in [0, 0.05) is 24.2 Å². The molecule has 0 bridgehead atoms. The van der Waals surface area contributed by atoms with E-state index in [1.165, 1.54) is 12.4 Å². The number of ether oxygens (including phenoxy) is 1. The van der Waals surface area contributed by atoms with E-state index >= 15 is 0 Å². The minimum Gasteiger partial charge on any atom is -0.466 e. The Bertz CT molecular complexity index is 1100. The van der Waals surface area contributed by atoms with Gasteiger partial charge in [0.2, 0.25) is 5.88 Å². The van der Waals surface area contributed by atoms with Gasteiger partial charge in [-0.2, -0.15) is 10.2 Å². The zero-order valence-electron chi connectivity index (χ0n) is 15.7. The van der Waals surface area contributed by atoms with Crippen LogP contribution >= 0.6 is 0 Å². The lowest BCUT2D eigenvalue weighted by molar-refractivity contribution is -0.118. The molecule has 0 aliphatic rings. The summed E-state index contributed by atoms with van der Waals surface area (Å²) < 4.78 is 8.56. The Labute approximate surface area is 165 Å². The number of carbonyl (C=O) groups excluding carboxylic acids is 1. The van der Waals surface area contributed by atoms with Gasteiger partial charge in [-0.3, -0.25) is 4.79 Å². The Hall–Kier alpha value is -4.15. The molecule has 0 aliphatic carbocycles. The van der Waals surface area contributed by atoms with Gasteiger partial charge in [-0.05, 0) is 32.0 Å². The van der Waals surface area contributed by atoms with Gasteiger partial charge < -0.3 is 10.1 Å². The van der Waals surface area contributed by atoms with Gasteiger partial charge in [-0.1, -0.05) is 0 Å². The quantitative estimate of drug-likeness (QED) is 0.521. The van der Waals surface area contributed by atoms with Crippen LogP contribution in [0.3, 0.4) is 0 Å². The monoisotopic (exact) mass is 391 g/mol. The summed E-state index contributed by atoms with van der Waals surface area (Å²) in [7, 11) is 0. The Kier molecular flexibility index (Phi) is 4.93. The number of hydrogen-bond donors (Lipinski definition) is 1. The molecular weight excluding hydrogens is 374 g/mol. The summed E-state index contributed by atoms with van der Waals surface area (Å²) >= 11 is 0. The maximum absolute atomic E-state index is 12.1. The maximum atomic E-state index is 12.1. The number of hydrogen-bond acceptors (Lipinski definition) is 8. The first-order valence-corrected chi connectivity index (χ1v) is 8.70. The van der Waals surface area contributed by atoms with E-state index in [2.05, 4.69) is 35.7 Å². The third kappa shape index (κ3) is 4.24. The molecule has 1 amide bonds. The van der Waals surface area contributed by atoms with E-state index in [4.69, 9.17) is 4.74 Å². The van der Waals surface area contributed by atoms with Crippen molar-refractivity contribution in [2.24, 2.45) is 0 Å². The van der Waals surface area contributed by atoms with Crippen LogP contribution < -0.4 is 10.1 Å². The van der Waals surface area contributed by atoms with Gasteiger partial charge in [0.1, 0.15) is 0 Å². The maximum Gasteiger partial charge on any atom is 0.262 e. The number of aryl methyl sites for hydroxylation is 2. The van der Waals surface area contributed by atoms with Crippen LogP contribution in [0.25, 0.3) is 11.8 Å². The van der Waals surface area contributed by atoms with E-state index in [0.717, 1.165) is 11.4 Å². The predicted octanol–water partition coefficient (Wildman–Crippen LogP) is 1.27. The second-order valence-corrected chi connectivity index (χ2v) is 6.13. The third-order valence-electron chi connectivity index (χ3n) is 3.84. The first kappa shape index (κ1) is 18.2. The van der Waals surface area contributed by atoms with Crippen molar-refractivity contribution in [2.45, 2.75) is 13.8 Å². The number of anilines is 1. The fourth-order valence-electron chi connectivity index (χ4n) is 2.58. The topological polar surface area (TPSA) is 126 Å². The summed E-state index contributed by atoms with van der Waals surface area (Å²) in [5.74, 6) is 0.835. The zero-order valence-corrected chi connectivity index (χ0v) is 15.7. The average Bonchev–Trinajstić information content (AvgIpc) is 3.37. The number of carbonyl (C=O) groups is 1. The Morgan fingerprint density at radius 3 is 2.62 bits per heavy atom. The Morgan fingerprint density at radius 2 is 2.00 bits per heavy atom. The van der Waals surface area contributed by atoms with Gasteiger partial charge in [0.05, 0.1) is 23.8 Å². The fraction of sp³-hybridized carbons (Fsp3) is 0.167. The molecule has 0 radical (unpaired) electrons. The predicted molar refractivity (Wildman–Crippen MR) is 102 cm³/mol. The van der Waals surface area contributed by atoms with Crippen LogP contribution in [0, 0.1) is 13.8 Å². The van der Waals surface area contributed by atoms with Crippen molar-refractivity contribution in [3.8, 4) is 17.6 Å². The molecule has 4 aromatic rings. The molecule has 0 spiro atoms. The molecule has 0 fully saturated rings. The molecule has 29 heavy (non-hydrogen) atoms. The summed E-state index contributed by atoms with van der Waals surface area (Å²) in [5.41, 5.74) is 2.25. The van der Waals surface area contributed by atoms with Gasteiger partial charge in [-0.15, -0.1) is 10.2 Å². The molecule has 0 saturated carbocycles. The normalized spacial score (nSPS) is 10.7. The molecule has 0 aromatic carbocycles. The highest BCUT2D eigenvalue weighted by molar-refractivity contribution is 5.91. The van der Waals surface area contributed by atoms with Crippen molar-refractivity contribution in [3.63, 3.8) is 0 Å². The Morgan fingerprint density at radius 1 is 1.17 bits per heavy atom. The highest BCUT2D eigenvalue weighted by Gasteiger charge is 2.09. The molecule has 0 unspecified atom stereocenters. The lowest BCUT2D eigenvalue weighted by Crippen LogP contribution is -2.21. The van der Waals surface area contributed by atoms with Crippen molar-refractivity contribution in [2.75, 3.05) is 11.9 Å². The van der Waals surface area contributed by atoms with Crippen molar-refractivity contribution in [1.82, 2.24) is 39.7 Å². The van der Waals surface area contributed by atoms with Crippen LogP contribution in [-0.4, -0.2) is 52.2 Å². The van der Waals surface area contributed by atoms with E-state index in [-0.39, 0.29) is 18.4 Å². The Balaban J connectivity index is 1.32. The standard InChI is InChI=1S/C18H17N9O2/c1-12-8-13(2)27(25-12)18-19-9-14(10-20-18)22-16(28)11-29-17-5-4-15(23-24-17)26-7-3-6-21-26/h3-10H,11H2,1-2H3,(H,22,28). The molecule has 11 nitrogen and oxygen atoms in total. The molecule has 146 valence electrons. The number of rotatable bonds is 6. The first-order chi connectivity index (χ1) is 14.1. The van der Waals surface area contributed by atoms with Crippen molar-refractivity contribution >= 4 is 11.6 Å². The lowest BCUT2D eigenvalue weighted by Gasteiger charge is -2.07. The third-order valence-corrected chi connectivity index (χ3v) is 3.84. The minimum absolute atomic E-state index is 0.227. The van der Waals surface area contributed by atoms with Crippen LogP contribution in [0.2, 0.25) is 0 Å². The number of amides is 1. The van der Waals surface area contributed by atoms with Crippen LogP contribution in [-0.2, 0) is 4.79 Å². The fourth-order valence-corrected chi connectivity index (χ4v) is 2.58. The van der Waals surface area contributed by atoms with E-state index in [1.54, 1.807) is 40.0 Å². The number of nitrogens with one attached hydrogen (secondary N) is 1. The van der Waals surface area contributed by atoms with Gasteiger partial charge >= 0.3 is 0 Å². The highest BCUT2D eigenvalue weighted by Crippen LogP contribution is 2.11. The number of aromatic nitrogens is 8. The molecule has 4 rings (SSSR count). The molecule has 0 aliphatic heterocycles. The first-order valence-electron chi connectivity index (χ1n) is 8.70. The molecule has 4 heterocycles. The lowest BCUT2D eigenvalue weighted by atomic mass is 10.4. The van der Waals surface area contributed by atoms with Crippen molar-refractivity contribution in [3.05, 3.63) is 60.4 Å². The summed E-state index contributed by atoms with van der Waals surface area (Å²) in [6.07, 6.45) is 6.41. The summed E-state index contributed by atoms with van der Waals surface area (Å²) in [5, 5.41) is 19.0. The average molecular weight is 391 g/mol. The smallest absolute Gasteiger partial charge is 0.262 e. The summed E-state index contributed by atoms with van der Waals surface area (Å²) in [6.45, 7) is 3.59. The van der Waals surface area contributed by atoms with Crippen molar-refractivity contribution < 1.29 is 9.53 Å². The van der Waals surface area contributed by atoms with Gasteiger partial charge in [-0.25, -0.2) is 19.3 Å². The molecule has 11 heteroatoms. The zero-order chi connectivity index (χ0) is 20.2. The van der Waals surface area contributed by atoms with Crippen LogP contribution in [0.1, 0.15) is 11.4 Å². The van der Waals surface area contributed by atoms with Crippen LogP contribution in [0.4, 0.5) is 5.69 Å². The van der Waals surface area contributed by atoms with Gasteiger partial charge in [0.15, 0.2) is 12.4 Å². The van der Waals surface area contributed by atoms with Crippen molar-refractivity contribution in [1.29, 1.82) is 0 Å². The molecule has 0 saturated heterocycles. The van der Waals surface area contributed by atoms with Crippen LogP contribution in [0.5, 0.6) is 5.88 Å². The summed E-state index contributed by atoms with van der Waals surface area (Å²) in [4.78, 5) is 20.5. The van der Waals surface area contributed by atoms with E-state index < -0.39 is 0 Å². The van der Waals surface area contributed by atoms with Gasteiger partial charge in [0.25, 0.3) is 11.9 Å². The minimum atomic E-state index is -0.370. The molecule has 1 N–H and O–H groups in total. The second-order valence-electron chi connectivity index (χ2n) is 6.13.